The first-order valence-electron chi connectivity index (χ1n) is 10.5. The van der Waals surface area contributed by atoms with E-state index in [1.54, 1.807) is 7.11 Å². The average Bonchev–Trinajstić information content (AvgIpc) is 2.83. The van der Waals surface area contributed by atoms with E-state index in [1.165, 1.54) is 11.1 Å². The number of benzene rings is 3. The lowest BCUT2D eigenvalue weighted by Crippen LogP contribution is -2.08. The predicted octanol–water partition coefficient (Wildman–Crippen LogP) is 6.20. The third-order valence-electron chi connectivity index (χ3n) is 5.62. The second-order valence-corrected chi connectivity index (χ2v) is 7.77. The monoisotopic (exact) mass is 421 g/mol. The number of aryl methyl sites for hydroxylation is 2. The van der Waals surface area contributed by atoms with Crippen LogP contribution in [0.25, 0.3) is 33.2 Å². The van der Waals surface area contributed by atoms with E-state index in [2.05, 4.69) is 36.4 Å². The molecule has 0 aliphatic carbocycles. The van der Waals surface area contributed by atoms with Gasteiger partial charge in [0.1, 0.15) is 22.9 Å². The van der Waals surface area contributed by atoms with Gasteiger partial charge in [-0.25, -0.2) is 4.98 Å². The van der Waals surface area contributed by atoms with E-state index in [1.807, 2.05) is 66.7 Å². The summed E-state index contributed by atoms with van der Waals surface area (Å²) in [7, 11) is 1.66. The Morgan fingerprint density at radius 2 is 1.66 bits per heavy atom. The number of rotatable bonds is 4. The fraction of sp³-hybridized carbons (Fsp3) is 0.111. The standard InChI is InChI=1S/C27H23N3O2/c1-17-14-22-24(29-30-27-13-10-19-6-4-5-7-23(19)28-27)16-25(32-26(22)15-18(17)2)20-8-11-21(31-3)12-9-20/h4-16H,1-3H3,(H,28,30)/b29-24+. The molecule has 2 aromatic heterocycles. The molecule has 158 valence electrons. The Morgan fingerprint density at radius 1 is 0.875 bits per heavy atom. The summed E-state index contributed by atoms with van der Waals surface area (Å²) in [5.41, 5.74) is 8.14. The van der Waals surface area contributed by atoms with Crippen molar-refractivity contribution in [2.75, 3.05) is 12.5 Å². The first-order valence-corrected chi connectivity index (χ1v) is 10.5. The van der Waals surface area contributed by atoms with Crippen molar-refractivity contribution in [3.8, 4) is 17.1 Å². The second kappa shape index (κ2) is 8.19. The van der Waals surface area contributed by atoms with E-state index in [4.69, 9.17) is 14.3 Å². The van der Waals surface area contributed by atoms with Gasteiger partial charge in [0, 0.05) is 22.4 Å². The number of fused-ring (bicyclic) bond motifs is 2. The molecule has 0 fully saturated rings. The molecule has 0 saturated heterocycles. The maximum atomic E-state index is 6.26. The van der Waals surface area contributed by atoms with Crippen LogP contribution < -0.4 is 15.5 Å². The largest absolute Gasteiger partial charge is 0.497 e. The Kier molecular flexibility index (Phi) is 5.07. The molecule has 0 unspecified atom stereocenters. The normalized spacial score (nSPS) is 11.8. The summed E-state index contributed by atoms with van der Waals surface area (Å²) in [5, 5.41) is 7.53. The van der Waals surface area contributed by atoms with Crippen molar-refractivity contribution in [1.82, 2.24) is 4.98 Å². The highest BCUT2D eigenvalue weighted by Crippen LogP contribution is 2.26. The Balaban J connectivity index is 1.63. The number of para-hydroxylation sites is 1. The van der Waals surface area contributed by atoms with Gasteiger partial charge in [-0.2, -0.15) is 5.10 Å². The first kappa shape index (κ1) is 19.8. The van der Waals surface area contributed by atoms with E-state index in [-0.39, 0.29) is 0 Å². The van der Waals surface area contributed by atoms with Gasteiger partial charge < -0.3 is 9.15 Å². The summed E-state index contributed by atoms with van der Waals surface area (Å²) in [6, 6.07) is 25.9. The summed E-state index contributed by atoms with van der Waals surface area (Å²) in [5.74, 6) is 2.22. The Hall–Kier alpha value is -4.12. The topological polar surface area (TPSA) is 59.6 Å². The van der Waals surface area contributed by atoms with Crippen molar-refractivity contribution in [2.45, 2.75) is 13.8 Å². The number of aromatic nitrogens is 1. The van der Waals surface area contributed by atoms with E-state index >= 15 is 0 Å². The van der Waals surface area contributed by atoms with Gasteiger partial charge in [0.15, 0.2) is 0 Å². The first-order chi connectivity index (χ1) is 15.6. The lowest BCUT2D eigenvalue weighted by atomic mass is 10.1. The number of anilines is 1. The Labute approximate surface area is 186 Å². The van der Waals surface area contributed by atoms with E-state index < -0.39 is 0 Å². The van der Waals surface area contributed by atoms with Gasteiger partial charge in [0.2, 0.25) is 0 Å². The quantitative estimate of drug-likeness (QED) is 0.351. The molecule has 3 aromatic carbocycles. The van der Waals surface area contributed by atoms with Crippen LogP contribution in [0.5, 0.6) is 5.75 Å². The highest BCUT2D eigenvalue weighted by Gasteiger charge is 2.09. The smallest absolute Gasteiger partial charge is 0.146 e. The fourth-order valence-electron chi connectivity index (χ4n) is 3.66. The van der Waals surface area contributed by atoms with Crippen molar-refractivity contribution >= 4 is 27.7 Å². The SMILES string of the molecule is COc1ccc(-c2c/c(=N\Nc3ccc4ccccc4n3)c3cc(C)c(C)cc3o2)cc1. The second-order valence-electron chi connectivity index (χ2n) is 7.77. The average molecular weight is 422 g/mol. The van der Waals surface area contributed by atoms with Crippen LogP contribution in [0, 0.1) is 13.8 Å². The third-order valence-corrected chi connectivity index (χ3v) is 5.62. The number of nitrogens with one attached hydrogen (secondary N) is 1. The molecule has 0 atom stereocenters. The molecule has 5 rings (SSSR count). The van der Waals surface area contributed by atoms with Gasteiger partial charge in [-0.3, -0.25) is 5.43 Å². The van der Waals surface area contributed by atoms with Crippen molar-refractivity contribution in [2.24, 2.45) is 5.10 Å². The van der Waals surface area contributed by atoms with Gasteiger partial charge in [0.05, 0.1) is 18.0 Å². The van der Waals surface area contributed by atoms with Gasteiger partial charge in [-0.05, 0) is 79.6 Å². The maximum Gasteiger partial charge on any atom is 0.146 e. The zero-order chi connectivity index (χ0) is 22.1. The highest BCUT2D eigenvalue weighted by atomic mass is 16.5. The number of hydrogen-bond donors (Lipinski definition) is 1. The summed E-state index contributed by atoms with van der Waals surface area (Å²) < 4.78 is 11.5. The van der Waals surface area contributed by atoms with E-state index in [9.17, 15) is 0 Å². The van der Waals surface area contributed by atoms with Crippen LogP contribution in [0.1, 0.15) is 11.1 Å². The predicted molar refractivity (Wildman–Crippen MR) is 129 cm³/mol. The van der Waals surface area contributed by atoms with Crippen LogP contribution in [-0.4, -0.2) is 12.1 Å². The number of nitrogens with zero attached hydrogens (tertiary/aromatic N) is 2. The van der Waals surface area contributed by atoms with Crippen LogP contribution in [0.15, 0.2) is 88.4 Å². The molecule has 2 heterocycles. The summed E-state index contributed by atoms with van der Waals surface area (Å²) in [4.78, 5) is 4.66. The summed E-state index contributed by atoms with van der Waals surface area (Å²) >= 11 is 0. The molecule has 0 radical (unpaired) electrons. The molecule has 0 amide bonds. The molecular weight excluding hydrogens is 398 g/mol. The van der Waals surface area contributed by atoms with E-state index in [0.29, 0.717) is 5.82 Å². The molecule has 0 bridgehead atoms. The minimum Gasteiger partial charge on any atom is -0.497 e. The van der Waals surface area contributed by atoms with Gasteiger partial charge in [-0.15, -0.1) is 0 Å². The zero-order valence-corrected chi connectivity index (χ0v) is 18.2. The van der Waals surface area contributed by atoms with E-state index in [0.717, 1.165) is 44.3 Å². The lowest BCUT2D eigenvalue weighted by Gasteiger charge is -2.09. The molecular formula is C27H23N3O2. The summed E-state index contributed by atoms with van der Waals surface area (Å²) in [6.45, 7) is 4.17. The zero-order valence-electron chi connectivity index (χ0n) is 18.2. The minimum absolute atomic E-state index is 0.687. The van der Waals surface area contributed by atoms with Crippen LogP contribution in [0.4, 0.5) is 5.82 Å². The minimum atomic E-state index is 0.687. The van der Waals surface area contributed by atoms with Crippen molar-refractivity contribution in [1.29, 1.82) is 0 Å². The number of ether oxygens (including phenoxy) is 1. The van der Waals surface area contributed by atoms with Crippen LogP contribution in [-0.2, 0) is 0 Å². The van der Waals surface area contributed by atoms with Crippen LogP contribution >= 0.6 is 0 Å². The Morgan fingerprint density at radius 3 is 2.47 bits per heavy atom. The van der Waals surface area contributed by atoms with Crippen LogP contribution in [0.2, 0.25) is 0 Å². The number of pyridine rings is 1. The molecule has 5 aromatic rings. The maximum absolute atomic E-state index is 6.26. The number of hydrogen-bond acceptors (Lipinski definition) is 5. The summed E-state index contributed by atoms with van der Waals surface area (Å²) in [6.07, 6.45) is 0. The van der Waals surface area contributed by atoms with Crippen molar-refractivity contribution in [3.05, 3.63) is 95.3 Å². The van der Waals surface area contributed by atoms with Crippen LogP contribution in [0.3, 0.4) is 0 Å². The lowest BCUT2D eigenvalue weighted by molar-refractivity contribution is 0.415. The molecule has 5 nitrogen and oxygen atoms in total. The molecule has 0 aliphatic rings. The molecule has 1 N–H and O–H groups in total. The highest BCUT2D eigenvalue weighted by molar-refractivity contribution is 5.81. The molecule has 0 saturated carbocycles. The molecule has 5 heteroatoms. The Bertz CT molecular complexity index is 1500. The van der Waals surface area contributed by atoms with Gasteiger partial charge in [0.25, 0.3) is 0 Å². The van der Waals surface area contributed by atoms with Gasteiger partial charge >= 0.3 is 0 Å². The van der Waals surface area contributed by atoms with Crippen molar-refractivity contribution < 1.29 is 9.15 Å². The molecule has 0 aliphatic heterocycles. The van der Waals surface area contributed by atoms with Crippen molar-refractivity contribution in [3.63, 3.8) is 0 Å². The third kappa shape index (κ3) is 3.81. The fourth-order valence-corrected chi connectivity index (χ4v) is 3.66. The van der Waals surface area contributed by atoms with Gasteiger partial charge in [-0.1, -0.05) is 18.2 Å². The number of methoxy groups -OCH3 is 1. The molecule has 0 spiro atoms. The molecule has 32 heavy (non-hydrogen) atoms.